The average Bonchev–Trinajstić information content (AvgIpc) is 2.90. The van der Waals surface area contributed by atoms with Gasteiger partial charge in [-0.1, -0.05) is 18.2 Å². The van der Waals surface area contributed by atoms with Crippen LogP contribution in [0.15, 0.2) is 53.3 Å². The van der Waals surface area contributed by atoms with Crippen LogP contribution in [0.4, 0.5) is 4.39 Å². The van der Waals surface area contributed by atoms with Crippen molar-refractivity contribution in [1.82, 2.24) is 14.9 Å². The summed E-state index contributed by atoms with van der Waals surface area (Å²) >= 11 is 0. The number of amides is 1. The maximum atomic E-state index is 13.2. The zero-order valence-corrected chi connectivity index (χ0v) is 13.5. The second-order valence-corrected chi connectivity index (χ2v) is 5.50. The van der Waals surface area contributed by atoms with Crippen molar-refractivity contribution < 1.29 is 13.9 Å². The number of ether oxygens (including phenoxy) is 1. The highest BCUT2D eigenvalue weighted by Gasteiger charge is 2.08. The van der Waals surface area contributed by atoms with Crippen LogP contribution in [0.25, 0.3) is 11.0 Å². The maximum absolute atomic E-state index is 13.2. The number of nitrogens with zero attached hydrogens (tertiary/aromatic N) is 1. The molecule has 25 heavy (non-hydrogen) atoms. The first-order chi connectivity index (χ1) is 12.1. The molecule has 6 nitrogen and oxygen atoms in total. The molecule has 0 fully saturated rings. The molecular weight excluding hydrogens is 325 g/mol. The third kappa shape index (κ3) is 4.26. The van der Waals surface area contributed by atoms with Crippen LogP contribution in [-0.2, 0) is 11.3 Å². The normalized spacial score (nSPS) is 10.8. The molecule has 0 aliphatic heterocycles. The lowest BCUT2D eigenvalue weighted by Gasteiger charge is -2.08. The van der Waals surface area contributed by atoms with Crippen molar-refractivity contribution >= 4 is 16.9 Å². The van der Waals surface area contributed by atoms with Gasteiger partial charge in [-0.2, -0.15) is 0 Å². The minimum atomic E-state index is -0.410. The van der Waals surface area contributed by atoms with Gasteiger partial charge in [0, 0.05) is 13.1 Å². The average molecular weight is 343 g/mol. The highest BCUT2D eigenvalue weighted by atomic mass is 19.1. The van der Waals surface area contributed by atoms with E-state index in [0.717, 1.165) is 0 Å². The SMILES string of the molecule is O=C(CCOc1ccccc1)NCCn1c(=O)[nH]c2cc(F)ccc21. The quantitative estimate of drug-likeness (QED) is 0.689. The summed E-state index contributed by atoms with van der Waals surface area (Å²) in [5.41, 5.74) is 0.711. The van der Waals surface area contributed by atoms with Gasteiger partial charge in [0.25, 0.3) is 0 Å². The van der Waals surface area contributed by atoms with Gasteiger partial charge in [-0.15, -0.1) is 0 Å². The number of hydrogen-bond donors (Lipinski definition) is 2. The van der Waals surface area contributed by atoms with Gasteiger partial charge in [-0.3, -0.25) is 9.36 Å². The molecule has 0 atom stereocenters. The molecule has 3 aromatic rings. The van der Waals surface area contributed by atoms with Gasteiger partial charge >= 0.3 is 5.69 Å². The Morgan fingerprint density at radius 1 is 1.20 bits per heavy atom. The van der Waals surface area contributed by atoms with Crippen LogP contribution in [0, 0.1) is 5.82 Å². The van der Waals surface area contributed by atoms with Crippen molar-refractivity contribution in [1.29, 1.82) is 0 Å². The molecular formula is C18H18FN3O3. The van der Waals surface area contributed by atoms with Crippen molar-refractivity contribution in [2.24, 2.45) is 0 Å². The number of carbonyl (C=O) groups is 1. The summed E-state index contributed by atoms with van der Waals surface area (Å²) in [4.78, 5) is 26.3. The smallest absolute Gasteiger partial charge is 0.326 e. The van der Waals surface area contributed by atoms with Crippen LogP contribution in [-0.4, -0.2) is 28.6 Å². The van der Waals surface area contributed by atoms with Gasteiger partial charge in [-0.05, 0) is 30.3 Å². The van der Waals surface area contributed by atoms with E-state index in [-0.39, 0.29) is 24.6 Å². The number of aromatic amines is 1. The standard InChI is InChI=1S/C18H18FN3O3/c19-13-6-7-16-15(12-13)21-18(24)22(16)10-9-20-17(23)8-11-25-14-4-2-1-3-5-14/h1-7,12H,8-11H2,(H,20,23)(H,21,24). The Hall–Kier alpha value is -3.09. The molecule has 0 spiro atoms. The molecule has 0 radical (unpaired) electrons. The van der Waals surface area contributed by atoms with Gasteiger partial charge in [0.1, 0.15) is 11.6 Å². The predicted molar refractivity (Wildman–Crippen MR) is 92.1 cm³/mol. The van der Waals surface area contributed by atoms with Gasteiger partial charge < -0.3 is 15.0 Å². The molecule has 0 aliphatic rings. The van der Waals surface area contributed by atoms with Crippen molar-refractivity contribution in [2.75, 3.05) is 13.2 Å². The van der Waals surface area contributed by atoms with Crippen molar-refractivity contribution in [3.63, 3.8) is 0 Å². The van der Waals surface area contributed by atoms with Crippen molar-refractivity contribution in [3.8, 4) is 5.75 Å². The highest BCUT2D eigenvalue weighted by Crippen LogP contribution is 2.11. The number of H-pyrrole nitrogens is 1. The Morgan fingerprint density at radius 2 is 2.00 bits per heavy atom. The molecule has 2 aromatic carbocycles. The molecule has 0 aliphatic carbocycles. The number of benzene rings is 2. The fourth-order valence-corrected chi connectivity index (χ4v) is 2.53. The number of halogens is 1. The first kappa shape index (κ1) is 16.8. The van der Waals surface area contributed by atoms with Gasteiger partial charge in [0.2, 0.25) is 5.91 Å². The summed E-state index contributed by atoms with van der Waals surface area (Å²) in [5, 5.41) is 2.74. The maximum Gasteiger partial charge on any atom is 0.326 e. The Balaban J connectivity index is 1.47. The Bertz CT molecular complexity index is 918. The summed E-state index contributed by atoms with van der Waals surface area (Å²) in [5.74, 6) is 0.148. The lowest BCUT2D eigenvalue weighted by atomic mass is 10.3. The molecule has 0 unspecified atom stereocenters. The summed E-state index contributed by atoms with van der Waals surface area (Å²) in [6, 6.07) is 13.4. The summed E-state index contributed by atoms with van der Waals surface area (Å²) < 4.78 is 20.1. The van der Waals surface area contributed by atoms with Crippen LogP contribution >= 0.6 is 0 Å². The van der Waals surface area contributed by atoms with Crippen molar-refractivity contribution in [2.45, 2.75) is 13.0 Å². The number of imidazole rings is 1. The Morgan fingerprint density at radius 3 is 2.80 bits per heavy atom. The second-order valence-electron chi connectivity index (χ2n) is 5.50. The summed E-state index contributed by atoms with van der Waals surface area (Å²) in [6.07, 6.45) is 0.225. The van der Waals surface area contributed by atoms with Gasteiger partial charge in [0.15, 0.2) is 0 Å². The van der Waals surface area contributed by atoms with E-state index in [9.17, 15) is 14.0 Å². The number of hydrogen-bond acceptors (Lipinski definition) is 3. The Kier molecular flexibility index (Phi) is 5.13. The Labute approximate surface area is 143 Å². The molecule has 2 N–H and O–H groups in total. The largest absolute Gasteiger partial charge is 0.493 e. The topological polar surface area (TPSA) is 76.1 Å². The molecule has 1 heterocycles. The van der Waals surface area contributed by atoms with Crippen LogP contribution < -0.4 is 15.7 Å². The number of rotatable bonds is 7. The van der Waals surface area contributed by atoms with Crippen LogP contribution in [0.3, 0.4) is 0 Å². The number of para-hydroxylation sites is 1. The van der Waals surface area contributed by atoms with E-state index in [4.69, 9.17) is 4.74 Å². The minimum Gasteiger partial charge on any atom is -0.493 e. The molecule has 7 heteroatoms. The number of carbonyl (C=O) groups excluding carboxylic acids is 1. The molecule has 0 saturated heterocycles. The molecule has 1 amide bonds. The minimum absolute atomic E-state index is 0.158. The van der Waals surface area contributed by atoms with E-state index in [2.05, 4.69) is 10.3 Å². The molecule has 0 saturated carbocycles. The molecule has 0 bridgehead atoms. The lowest BCUT2D eigenvalue weighted by molar-refractivity contribution is -0.121. The van der Waals surface area contributed by atoms with Crippen LogP contribution in [0.2, 0.25) is 0 Å². The van der Waals surface area contributed by atoms with Crippen LogP contribution in [0.5, 0.6) is 5.75 Å². The van der Waals surface area contributed by atoms with Gasteiger partial charge in [-0.25, -0.2) is 9.18 Å². The third-order valence-electron chi connectivity index (χ3n) is 3.73. The predicted octanol–water partition coefficient (Wildman–Crippen LogP) is 2.05. The fraction of sp³-hybridized carbons (Fsp3) is 0.222. The van der Waals surface area contributed by atoms with E-state index in [1.807, 2.05) is 30.3 Å². The molecule has 3 rings (SSSR count). The fourth-order valence-electron chi connectivity index (χ4n) is 2.53. The van der Waals surface area contributed by atoms with Crippen molar-refractivity contribution in [3.05, 3.63) is 64.8 Å². The second kappa shape index (κ2) is 7.65. The van der Waals surface area contributed by atoms with E-state index in [1.54, 1.807) is 0 Å². The summed E-state index contributed by atoms with van der Waals surface area (Å²) in [6.45, 7) is 0.881. The zero-order valence-electron chi connectivity index (χ0n) is 13.5. The van der Waals surface area contributed by atoms with E-state index < -0.39 is 5.82 Å². The molecule has 130 valence electrons. The number of fused-ring (bicyclic) bond motifs is 1. The van der Waals surface area contributed by atoms with Gasteiger partial charge in [0.05, 0.1) is 24.1 Å². The van der Waals surface area contributed by atoms with Crippen LogP contribution in [0.1, 0.15) is 6.42 Å². The monoisotopic (exact) mass is 343 g/mol. The first-order valence-electron chi connectivity index (χ1n) is 7.96. The first-order valence-corrected chi connectivity index (χ1v) is 7.96. The number of aromatic nitrogens is 2. The van der Waals surface area contributed by atoms with E-state index in [0.29, 0.717) is 29.9 Å². The van der Waals surface area contributed by atoms with E-state index >= 15 is 0 Å². The third-order valence-corrected chi connectivity index (χ3v) is 3.73. The zero-order chi connectivity index (χ0) is 17.6. The lowest BCUT2D eigenvalue weighted by Crippen LogP contribution is -2.30. The molecule has 1 aromatic heterocycles. The summed E-state index contributed by atoms with van der Waals surface area (Å²) in [7, 11) is 0. The van der Waals surface area contributed by atoms with E-state index in [1.165, 1.54) is 22.8 Å². The highest BCUT2D eigenvalue weighted by molar-refractivity contribution is 5.76. The number of nitrogens with one attached hydrogen (secondary N) is 2.